The van der Waals surface area contributed by atoms with E-state index in [4.69, 9.17) is 5.11 Å². The van der Waals surface area contributed by atoms with Crippen LogP contribution in [0.25, 0.3) is 11.1 Å². The predicted molar refractivity (Wildman–Crippen MR) is 104 cm³/mol. The average molecular weight is 491 g/mol. The van der Waals surface area contributed by atoms with Crippen LogP contribution in [0, 0.1) is 5.92 Å². The Morgan fingerprint density at radius 1 is 1.00 bits per heavy atom. The van der Waals surface area contributed by atoms with Crippen LogP contribution in [-0.2, 0) is 14.8 Å². The molecule has 0 aliphatic rings. The van der Waals surface area contributed by atoms with Crippen LogP contribution in [0.4, 0.5) is 0 Å². The second-order valence-corrected chi connectivity index (χ2v) is 9.26. The minimum atomic E-state index is -3.91. The first-order valence-corrected chi connectivity index (χ1v) is 10.5. The van der Waals surface area contributed by atoms with E-state index >= 15 is 0 Å². The first kappa shape index (κ1) is 20.1. The first-order valence-electron chi connectivity index (χ1n) is 7.42. The molecule has 0 amide bonds. The van der Waals surface area contributed by atoms with E-state index in [1.54, 1.807) is 26.0 Å². The first-order chi connectivity index (χ1) is 11.6. The molecule has 0 fully saturated rings. The van der Waals surface area contributed by atoms with Gasteiger partial charge in [-0.15, -0.1) is 0 Å². The van der Waals surface area contributed by atoms with Gasteiger partial charge in [0.05, 0.1) is 4.90 Å². The number of benzene rings is 2. The summed E-state index contributed by atoms with van der Waals surface area (Å²) in [4.78, 5) is 11.2. The third-order valence-electron chi connectivity index (χ3n) is 3.63. The fourth-order valence-electron chi connectivity index (χ4n) is 2.21. The molecule has 2 aromatic carbocycles. The molecule has 5 nitrogen and oxygen atoms in total. The van der Waals surface area contributed by atoms with Gasteiger partial charge < -0.3 is 5.11 Å². The van der Waals surface area contributed by atoms with Crippen LogP contribution >= 0.6 is 31.9 Å². The van der Waals surface area contributed by atoms with Gasteiger partial charge in [-0.05, 0) is 73.2 Å². The summed E-state index contributed by atoms with van der Waals surface area (Å²) in [6, 6.07) is 10.9. The molecule has 25 heavy (non-hydrogen) atoms. The topological polar surface area (TPSA) is 83.5 Å². The van der Waals surface area contributed by atoms with Gasteiger partial charge in [0, 0.05) is 8.95 Å². The Labute approximate surface area is 163 Å². The normalized spacial score (nSPS) is 13.0. The van der Waals surface area contributed by atoms with Gasteiger partial charge >= 0.3 is 5.97 Å². The van der Waals surface area contributed by atoms with Crippen molar-refractivity contribution >= 4 is 47.9 Å². The molecule has 0 aliphatic heterocycles. The Morgan fingerprint density at radius 2 is 1.56 bits per heavy atom. The van der Waals surface area contributed by atoms with Gasteiger partial charge in [-0.2, -0.15) is 4.72 Å². The molecule has 0 saturated heterocycles. The fraction of sp³-hybridized carbons (Fsp3) is 0.235. The molecular formula is C17H17Br2NO4S. The zero-order valence-electron chi connectivity index (χ0n) is 13.5. The zero-order chi connectivity index (χ0) is 18.8. The molecule has 0 heterocycles. The molecule has 0 unspecified atom stereocenters. The molecule has 8 heteroatoms. The van der Waals surface area contributed by atoms with Gasteiger partial charge in [-0.3, -0.25) is 4.79 Å². The monoisotopic (exact) mass is 489 g/mol. The van der Waals surface area contributed by atoms with Crippen LogP contribution in [-0.4, -0.2) is 25.5 Å². The Balaban J connectivity index is 2.29. The fourth-order valence-corrected chi connectivity index (χ4v) is 4.17. The van der Waals surface area contributed by atoms with E-state index in [1.165, 1.54) is 12.1 Å². The van der Waals surface area contributed by atoms with Crippen LogP contribution in [0.2, 0.25) is 0 Å². The molecule has 134 valence electrons. The van der Waals surface area contributed by atoms with E-state index in [-0.39, 0.29) is 10.8 Å². The standard InChI is InChI=1S/C17H17Br2NO4S/c1-10(2)16(17(21)22)20-25(23,24)13-6-3-11(4-7-13)12-5-8-14(18)15(19)9-12/h3-10,16,20H,1-2H3,(H,21,22)/t16-/m0/s1. The molecule has 1 atom stereocenters. The number of aliphatic carboxylic acids is 1. The van der Waals surface area contributed by atoms with Crippen LogP contribution < -0.4 is 4.72 Å². The number of nitrogens with one attached hydrogen (secondary N) is 1. The van der Waals surface area contributed by atoms with Crippen LogP contribution in [0.5, 0.6) is 0 Å². The Kier molecular flexibility index (Phi) is 6.42. The third kappa shape index (κ3) is 4.91. The molecule has 2 N–H and O–H groups in total. The van der Waals surface area contributed by atoms with E-state index in [0.29, 0.717) is 0 Å². The SMILES string of the molecule is CC(C)[C@H](NS(=O)(=O)c1ccc(-c2ccc(Br)c(Br)c2)cc1)C(=O)O. The maximum absolute atomic E-state index is 12.4. The maximum atomic E-state index is 12.4. The van der Waals surface area contributed by atoms with E-state index in [2.05, 4.69) is 36.6 Å². The second-order valence-electron chi connectivity index (χ2n) is 5.83. The molecule has 0 saturated carbocycles. The summed E-state index contributed by atoms with van der Waals surface area (Å²) in [5, 5.41) is 9.16. The lowest BCUT2D eigenvalue weighted by atomic mass is 10.1. The number of halogens is 2. The lowest BCUT2D eigenvalue weighted by molar-refractivity contribution is -0.140. The quantitative estimate of drug-likeness (QED) is 0.633. The number of sulfonamides is 1. The molecule has 2 aromatic rings. The van der Waals surface area contributed by atoms with E-state index in [0.717, 1.165) is 20.1 Å². The number of carboxylic acid groups (broad SMARTS) is 1. The van der Waals surface area contributed by atoms with Crippen LogP contribution in [0.1, 0.15) is 13.8 Å². The number of carboxylic acids is 1. The van der Waals surface area contributed by atoms with Crippen molar-refractivity contribution in [3.8, 4) is 11.1 Å². The maximum Gasteiger partial charge on any atom is 0.322 e. The van der Waals surface area contributed by atoms with Crippen molar-refractivity contribution in [2.45, 2.75) is 24.8 Å². The highest BCUT2D eigenvalue weighted by molar-refractivity contribution is 9.13. The summed E-state index contributed by atoms with van der Waals surface area (Å²) in [5.41, 5.74) is 1.78. The van der Waals surface area contributed by atoms with Crippen molar-refractivity contribution in [2.75, 3.05) is 0 Å². The summed E-state index contributed by atoms with van der Waals surface area (Å²) in [6.07, 6.45) is 0. The Bertz CT molecular complexity index is 880. The van der Waals surface area contributed by atoms with Gasteiger partial charge in [0.15, 0.2) is 0 Å². The van der Waals surface area contributed by atoms with Gasteiger partial charge in [0.2, 0.25) is 10.0 Å². The smallest absolute Gasteiger partial charge is 0.322 e. The molecule has 0 radical (unpaired) electrons. The highest BCUT2D eigenvalue weighted by Gasteiger charge is 2.27. The summed E-state index contributed by atoms with van der Waals surface area (Å²) >= 11 is 6.84. The highest BCUT2D eigenvalue weighted by atomic mass is 79.9. The summed E-state index contributed by atoms with van der Waals surface area (Å²) < 4.78 is 28.9. The van der Waals surface area contributed by atoms with Crippen molar-refractivity contribution in [2.24, 2.45) is 5.92 Å². The minimum Gasteiger partial charge on any atom is -0.480 e. The van der Waals surface area contributed by atoms with E-state index < -0.39 is 22.0 Å². The molecule has 0 aromatic heterocycles. The Morgan fingerprint density at radius 3 is 2.04 bits per heavy atom. The van der Waals surface area contributed by atoms with Crippen molar-refractivity contribution in [1.29, 1.82) is 0 Å². The largest absolute Gasteiger partial charge is 0.480 e. The molecule has 0 bridgehead atoms. The van der Waals surface area contributed by atoms with Crippen molar-refractivity contribution in [1.82, 2.24) is 4.72 Å². The van der Waals surface area contributed by atoms with E-state index in [9.17, 15) is 13.2 Å². The van der Waals surface area contributed by atoms with Gasteiger partial charge in [-0.1, -0.05) is 32.0 Å². The number of rotatable bonds is 6. The second kappa shape index (κ2) is 7.99. The van der Waals surface area contributed by atoms with Crippen LogP contribution in [0.3, 0.4) is 0 Å². The van der Waals surface area contributed by atoms with Crippen LogP contribution in [0.15, 0.2) is 56.3 Å². The average Bonchev–Trinajstić information content (AvgIpc) is 2.55. The summed E-state index contributed by atoms with van der Waals surface area (Å²) in [6.45, 7) is 3.30. The molecule has 0 aliphatic carbocycles. The van der Waals surface area contributed by atoms with E-state index in [1.807, 2.05) is 18.2 Å². The lowest BCUT2D eigenvalue weighted by Crippen LogP contribution is -2.44. The van der Waals surface area contributed by atoms with Crippen molar-refractivity contribution < 1.29 is 18.3 Å². The molecule has 0 spiro atoms. The zero-order valence-corrected chi connectivity index (χ0v) is 17.5. The lowest BCUT2D eigenvalue weighted by Gasteiger charge is -2.18. The number of hydrogen-bond donors (Lipinski definition) is 2. The van der Waals surface area contributed by atoms with Gasteiger partial charge in [0.1, 0.15) is 6.04 Å². The Hall–Kier alpha value is -1.22. The third-order valence-corrected chi connectivity index (χ3v) is 6.97. The number of hydrogen-bond acceptors (Lipinski definition) is 3. The molecular weight excluding hydrogens is 474 g/mol. The summed E-state index contributed by atoms with van der Waals surface area (Å²) in [5.74, 6) is -1.57. The molecule has 2 rings (SSSR count). The highest BCUT2D eigenvalue weighted by Crippen LogP contribution is 2.29. The minimum absolute atomic E-state index is 0.0272. The van der Waals surface area contributed by atoms with Crippen molar-refractivity contribution in [3.05, 3.63) is 51.4 Å². The van der Waals surface area contributed by atoms with Gasteiger partial charge in [-0.25, -0.2) is 8.42 Å². The predicted octanol–water partition coefficient (Wildman–Crippen LogP) is 4.27. The number of carbonyl (C=O) groups is 1. The van der Waals surface area contributed by atoms with Gasteiger partial charge in [0.25, 0.3) is 0 Å². The summed E-state index contributed by atoms with van der Waals surface area (Å²) in [7, 11) is -3.91. The van der Waals surface area contributed by atoms with Crippen molar-refractivity contribution in [3.63, 3.8) is 0 Å².